The van der Waals surface area contributed by atoms with Crippen LogP contribution in [0.4, 0.5) is 5.82 Å². The van der Waals surface area contributed by atoms with Crippen LogP contribution in [0.3, 0.4) is 0 Å². The first kappa shape index (κ1) is 25.7. The van der Waals surface area contributed by atoms with Crippen molar-refractivity contribution >= 4 is 23.3 Å². The third-order valence-corrected chi connectivity index (χ3v) is 8.73. The largest absolute Gasteiger partial charge is 0.490 e. The molecular weight excluding hydrogens is 490 g/mol. The lowest BCUT2D eigenvalue weighted by atomic mass is 9.67. The summed E-state index contributed by atoms with van der Waals surface area (Å²) >= 11 is 6.10. The molecule has 2 saturated carbocycles. The number of nitrogens with zero attached hydrogens (tertiary/aromatic N) is 4. The highest BCUT2D eigenvalue weighted by molar-refractivity contribution is 6.31. The highest BCUT2D eigenvalue weighted by Gasteiger charge is 2.38. The van der Waals surface area contributed by atoms with Gasteiger partial charge in [0.1, 0.15) is 11.8 Å². The zero-order chi connectivity index (χ0) is 25.8. The second kappa shape index (κ2) is 11.2. The zero-order valence-corrected chi connectivity index (χ0v) is 21.8. The Labute approximate surface area is 223 Å². The van der Waals surface area contributed by atoms with Crippen molar-refractivity contribution in [1.29, 1.82) is 5.26 Å². The molecule has 0 bridgehead atoms. The van der Waals surface area contributed by atoms with Crippen molar-refractivity contribution in [3.05, 3.63) is 46.6 Å². The normalized spacial score (nSPS) is 23.9. The van der Waals surface area contributed by atoms with E-state index in [4.69, 9.17) is 21.6 Å². The van der Waals surface area contributed by atoms with Gasteiger partial charge in [-0.15, -0.1) is 10.2 Å². The molecular formula is C28H34ClN5O3. The van der Waals surface area contributed by atoms with Gasteiger partial charge in [-0.1, -0.05) is 11.6 Å². The van der Waals surface area contributed by atoms with Gasteiger partial charge in [-0.25, -0.2) is 0 Å². The van der Waals surface area contributed by atoms with Crippen LogP contribution in [-0.4, -0.2) is 52.6 Å². The number of halogens is 1. The molecule has 1 amide bonds. The zero-order valence-electron chi connectivity index (χ0n) is 21.0. The van der Waals surface area contributed by atoms with Crippen molar-refractivity contribution in [2.24, 2.45) is 5.41 Å². The van der Waals surface area contributed by atoms with Crippen molar-refractivity contribution in [2.45, 2.75) is 82.5 Å². The fraction of sp³-hybridized carbons (Fsp3) is 0.571. The third kappa shape index (κ3) is 6.16. The maximum Gasteiger partial charge on any atom is 0.272 e. The summed E-state index contributed by atoms with van der Waals surface area (Å²) in [6, 6.07) is 10.9. The van der Waals surface area contributed by atoms with Gasteiger partial charge in [0, 0.05) is 25.2 Å². The summed E-state index contributed by atoms with van der Waals surface area (Å²) in [5, 5.41) is 30.9. The average Bonchev–Trinajstić information content (AvgIpc) is 2.92. The van der Waals surface area contributed by atoms with Gasteiger partial charge in [-0.2, -0.15) is 5.26 Å². The van der Waals surface area contributed by atoms with Crippen LogP contribution in [-0.2, 0) is 0 Å². The van der Waals surface area contributed by atoms with E-state index in [1.54, 1.807) is 24.3 Å². The van der Waals surface area contributed by atoms with Crippen molar-refractivity contribution in [3.8, 4) is 11.8 Å². The molecule has 3 aliphatic rings. The van der Waals surface area contributed by atoms with Gasteiger partial charge in [-0.05, 0) is 93.9 Å². The first-order valence-electron chi connectivity index (χ1n) is 13.4. The van der Waals surface area contributed by atoms with E-state index in [-0.39, 0.29) is 24.2 Å². The number of anilines is 1. The number of aromatic nitrogens is 2. The highest BCUT2D eigenvalue weighted by atomic mass is 35.5. The fourth-order valence-electron chi connectivity index (χ4n) is 5.98. The number of nitrogens with one attached hydrogen (secondary N) is 1. The average molecular weight is 524 g/mol. The molecule has 0 radical (unpaired) electrons. The second-order valence-corrected chi connectivity index (χ2v) is 11.2. The molecule has 5 rings (SSSR count). The molecule has 2 aromatic rings. The summed E-state index contributed by atoms with van der Waals surface area (Å²) in [4.78, 5) is 15.0. The Morgan fingerprint density at radius 1 is 1.05 bits per heavy atom. The Morgan fingerprint density at radius 3 is 2.41 bits per heavy atom. The van der Waals surface area contributed by atoms with Crippen LogP contribution in [0.25, 0.3) is 0 Å². The quantitative estimate of drug-likeness (QED) is 0.587. The molecule has 0 unspecified atom stereocenters. The number of carbonyl (C=O) groups is 1. The Morgan fingerprint density at radius 2 is 1.78 bits per heavy atom. The molecule has 2 N–H and O–H groups in total. The van der Waals surface area contributed by atoms with E-state index in [0.717, 1.165) is 83.1 Å². The van der Waals surface area contributed by atoms with Gasteiger partial charge in [0.05, 0.1) is 22.8 Å². The molecule has 1 aromatic heterocycles. The number of benzene rings is 1. The van der Waals surface area contributed by atoms with E-state index in [0.29, 0.717) is 27.4 Å². The summed E-state index contributed by atoms with van der Waals surface area (Å²) in [6.45, 7) is 1.88. The summed E-state index contributed by atoms with van der Waals surface area (Å²) in [5.74, 6) is 1.29. The molecule has 1 aliphatic heterocycles. The maximum absolute atomic E-state index is 12.8. The first-order chi connectivity index (χ1) is 17.9. The monoisotopic (exact) mass is 523 g/mol. The lowest BCUT2D eigenvalue weighted by molar-refractivity contribution is 0.0477. The van der Waals surface area contributed by atoms with Crippen LogP contribution in [0, 0.1) is 16.7 Å². The molecule has 1 aromatic carbocycles. The number of hydrogen-bond acceptors (Lipinski definition) is 7. The second-order valence-electron chi connectivity index (χ2n) is 10.8. The number of rotatable bonds is 5. The van der Waals surface area contributed by atoms with Gasteiger partial charge in [0.25, 0.3) is 5.91 Å². The SMILES string of the molecule is N#Cc1ccc(OC2CCC(NC(=O)c3ccc(N4CCC5(CCC(O)CC5)CC4)nn3)CC2)cc1Cl. The maximum atomic E-state index is 12.8. The summed E-state index contributed by atoms with van der Waals surface area (Å²) < 4.78 is 6.04. The Balaban J connectivity index is 1.07. The van der Waals surface area contributed by atoms with E-state index >= 15 is 0 Å². The third-order valence-electron chi connectivity index (χ3n) is 8.42. The van der Waals surface area contributed by atoms with E-state index in [9.17, 15) is 9.90 Å². The van der Waals surface area contributed by atoms with E-state index < -0.39 is 0 Å². The number of piperidine rings is 1. The minimum atomic E-state index is -0.194. The molecule has 1 saturated heterocycles. The smallest absolute Gasteiger partial charge is 0.272 e. The van der Waals surface area contributed by atoms with Crippen LogP contribution < -0.4 is 15.0 Å². The molecule has 3 fully saturated rings. The van der Waals surface area contributed by atoms with Crippen molar-refractivity contribution in [3.63, 3.8) is 0 Å². The molecule has 196 valence electrons. The Kier molecular flexibility index (Phi) is 7.82. The number of nitriles is 1. The summed E-state index contributed by atoms with van der Waals surface area (Å²) in [6.07, 6.45) is 9.53. The van der Waals surface area contributed by atoms with E-state index in [2.05, 4.69) is 20.4 Å². The van der Waals surface area contributed by atoms with Crippen molar-refractivity contribution in [2.75, 3.05) is 18.0 Å². The van der Waals surface area contributed by atoms with Crippen LogP contribution in [0.5, 0.6) is 5.75 Å². The topological polar surface area (TPSA) is 111 Å². The number of aliphatic hydroxyl groups excluding tert-OH is 1. The molecule has 1 spiro atoms. The van der Waals surface area contributed by atoms with Crippen molar-refractivity contribution in [1.82, 2.24) is 15.5 Å². The number of carbonyl (C=O) groups excluding carboxylic acids is 1. The fourth-order valence-corrected chi connectivity index (χ4v) is 6.19. The standard InChI is InChI=1S/C28H34ClN5O3/c29-24-17-23(4-1-19(24)18-30)37-22-5-2-20(3-6-22)31-27(36)25-7-8-26(33-32-25)34-15-13-28(14-16-34)11-9-21(35)10-12-28/h1,4,7-8,17,20-22,35H,2-3,5-6,9-16H2,(H,31,36). The summed E-state index contributed by atoms with van der Waals surface area (Å²) in [5.41, 5.74) is 1.15. The highest BCUT2D eigenvalue weighted by Crippen LogP contribution is 2.45. The molecule has 37 heavy (non-hydrogen) atoms. The van der Waals surface area contributed by atoms with Crippen LogP contribution in [0.1, 0.15) is 80.3 Å². The van der Waals surface area contributed by atoms with Gasteiger partial charge in [0.15, 0.2) is 11.5 Å². The Bertz CT molecular complexity index is 1130. The molecule has 0 atom stereocenters. The minimum absolute atomic E-state index is 0.0542. The first-order valence-corrected chi connectivity index (χ1v) is 13.7. The Hall–Kier alpha value is -2.89. The van der Waals surface area contributed by atoms with Crippen molar-refractivity contribution < 1.29 is 14.6 Å². The van der Waals surface area contributed by atoms with Crippen LogP contribution >= 0.6 is 11.6 Å². The van der Waals surface area contributed by atoms with Gasteiger partial charge in [0.2, 0.25) is 0 Å². The number of ether oxygens (including phenoxy) is 1. The van der Waals surface area contributed by atoms with E-state index in [1.807, 2.05) is 12.1 Å². The molecule has 8 nitrogen and oxygen atoms in total. The van der Waals surface area contributed by atoms with Crippen LogP contribution in [0.2, 0.25) is 5.02 Å². The number of hydrogen-bond donors (Lipinski definition) is 2. The predicted molar refractivity (Wildman–Crippen MR) is 141 cm³/mol. The van der Waals surface area contributed by atoms with Gasteiger partial charge >= 0.3 is 0 Å². The predicted octanol–water partition coefficient (Wildman–Crippen LogP) is 4.64. The van der Waals surface area contributed by atoms with E-state index in [1.165, 1.54) is 0 Å². The molecule has 2 aliphatic carbocycles. The van der Waals surface area contributed by atoms with Gasteiger partial charge < -0.3 is 20.1 Å². The molecule has 9 heteroatoms. The number of amides is 1. The van der Waals surface area contributed by atoms with Gasteiger partial charge in [-0.3, -0.25) is 4.79 Å². The molecule has 2 heterocycles. The number of aliphatic hydroxyl groups is 1. The lowest BCUT2D eigenvalue weighted by Crippen LogP contribution is -2.43. The minimum Gasteiger partial charge on any atom is -0.490 e. The lowest BCUT2D eigenvalue weighted by Gasteiger charge is -2.45. The van der Waals surface area contributed by atoms with Crippen LogP contribution in [0.15, 0.2) is 30.3 Å². The summed E-state index contributed by atoms with van der Waals surface area (Å²) in [7, 11) is 0.